The van der Waals surface area contributed by atoms with Crippen molar-refractivity contribution < 1.29 is 0 Å². The van der Waals surface area contributed by atoms with Crippen molar-refractivity contribution in [2.24, 2.45) is 11.8 Å². The van der Waals surface area contributed by atoms with Gasteiger partial charge in [-0.15, -0.1) is 0 Å². The number of nitriles is 1. The molecule has 1 aromatic rings. The fourth-order valence-corrected chi connectivity index (χ4v) is 3.23. The van der Waals surface area contributed by atoms with Crippen LogP contribution in [0.1, 0.15) is 44.6 Å². The van der Waals surface area contributed by atoms with E-state index in [1.807, 2.05) is 0 Å². The highest BCUT2D eigenvalue weighted by Crippen LogP contribution is 2.31. The topological polar surface area (TPSA) is 74.7 Å². The molecule has 0 unspecified atom stereocenters. The Kier molecular flexibility index (Phi) is 4.43. The zero-order chi connectivity index (χ0) is 13.0. The molecule has 0 saturated heterocycles. The molecule has 0 spiro atoms. The third-order valence-corrected chi connectivity index (χ3v) is 4.62. The highest BCUT2D eigenvalue weighted by molar-refractivity contribution is 7.10. The maximum atomic E-state index is 8.96. The zero-order valence-electron chi connectivity index (χ0n) is 10.8. The van der Waals surface area contributed by atoms with Crippen molar-refractivity contribution >= 4 is 22.4 Å². The molecule has 2 rings (SSSR count). The van der Waals surface area contributed by atoms with Crippen LogP contribution in [0.4, 0.5) is 10.8 Å². The first-order chi connectivity index (χ1) is 8.70. The Hall–Kier alpha value is -1.28. The summed E-state index contributed by atoms with van der Waals surface area (Å²) in [7, 11) is 0. The summed E-state index contributed by atoms with van der Waals surface area (Å²) in [5, 5.41) is 13.1. The summed E-state index contributed by atoms with van der Waals surface area (Å²) in [4.78, 5) is 0. The minimum atomic E-state index is 0.344. The summed E-state index contributed by atoms with van der Waals surface area (Å²) in [6, 6.07) is 2.10. The van der Waals surface area contributed by atoms with E-state index in [0.717, 1.165) is 23.4 Å². The average Bonchev–Trinajstić information content (AvgIpc) is 2.72. The van der Waals surface area contributed by atoms with Crippen LogP contribution in [0, 0.1) is 23.2 Å². The second-order valence-electron chi connectivity index (χ2n) is 5.23. The number of nitrogens with zero attached hydrogens (tertiary/aromatic N) is 2. The number of nitrogens with one attached hydrogen (secondary N) is 1. The molecule has 0 aromatic carbocycles. The van der Waals surface area contributed by atoms with E-state index in [9.17, 15) is 0 Å². The van der Waals surface area contributed by atoms with Crippen LogP contribution in [0.15, 0.2) is 0 Å². The highest BCUT2D eigenvalue weighted by atomic mass is 32.1. The first-order valence-electron chi connectivity index (χ1n) is 6.59. The lowest BCUT2D eigenvalue weighted by Crippen LogP contribution is -2.15. The molecule has 1 fully saturated rings. The molecular weight excluding hydrogens is 244 g/mol. The second kappa shape index (κ2) is 6.05. The van der Waals surface area contributed by atoms with E-state index in [1.165, 1.54) is 43.6 Å². The van der Waals surface area contributed by atoms with Crippen LogP contribution in [0.3, 0.4) is 0 Å². The van der Waals surface area contributed by atoms with Gasteiger partial charge in [0.25, 0.3) is 0 Å². The van der Waals surface area contributed by atoms with Crippen molar-refractivity contribution in [3.8, 4) is 6.07 Å². The van der Waals surface area contributed by atoms with Crippen LogP contribution in [0.25, 0.3) is 0 Å². The quantitative estimate of drug-likeness (QED) is 0.875. The first-order valence-corrected chi connectivity index (χ1v) is 7.37. The smallest absolute Gasteiger partial charge is 0.157 e. The number of aromatic nitrogens is 1. The lowest BCUT2D eigenvalue weighted by Gasteiger charge is -2.26. The van der Waals surface area contributed by atoms with E-state index >= 15 is 0 Å². The molecule has 0 aliphatic heterocycles. The van der Waals surface area contributed by atoms with E-state index in [1.54, 1.807) is 0 Å². The molecule has 3 N–H and O–H groups in total. The predicted molar refractivity (Wildman–Crippen MR) is 75.5 cm³/mol. The van der Waals surface area contributed by atoms with Crippen molar-refractivity contribution in [3.05, 3.63) is 5.56 Å². The average molecular weight is 264 g/mol. The minimum Gasteiger partial charge on any atom is -0.382 e. The van der Waals surface area contributed by atoms with Crippen LogP contribution in [0.5, 0.6) is 0 Å². The summed E-state index contributed by atoms with van der Waals surface area (Å²) < 4.78 is 4.00. The maximum Gasteiger partial charge on any atom is 0.157 e. The standard InChI is InChI=1S/C13H20N4S/c1-9-2-4-10(5-3-9)6-7-16-13-11(8-14)12(15)17-18-13/h9-10,16H,2-7H2,1H3,(H2,15,17). The second-order valence-corrected chi connectivity index (χ2v) is 6.00. The van der Waals surface area contributed by atoms with Crippen molar-refractivity contribution in [3.63, 3.8) is 0 Å². The van der Waals surface area contributed by atoms with Gasteiger partial charge in [0.15, 0.2) is 5.82 Å². The lowest BCUT2D eigenvalue weighted by molar-refractivity contribution is 0.282. The Bertz CT molecular complexity index is 427. The van der Waals surface area contributed by atoms with Crippen molar-refractivity contribution in [2.75, 3.05) is 17.6 Å². The SMILES string of the molecule is CC1CCC(CCNc2snc(N)c2C#N)CC1. The van der Waals surface area contributed by atoms with Crippen LogP contribution in [-0.4, -0.2) is 10.9 Å². The summed E-state index contributed by atoms with van der Waals surface area (Å²) >= 11 is 1.28. The molecule has 4 nitrogen and oxygen atoms in total. The highest BCUT2D eigenvalue weighted by Gasteiger charge is 2.18. The maximum absolute atomic E-state index is 8.96. The Balaban J connectivity index is 1.77. The monoisotopic (exact) mass is 264 g/mol. The van der Waals surface area contributed by atoms with Gasteiger partial charge in [-0.05, 0) is 29.8 Å². The molecule has 0 amide bonds. The Morgan fingerprint density at radius 1 is 1.44 bits per heavy atom. The van der Waals surface area contributed by atoms with Gasteiger partial charge in [-0.3, -0.25) is 0 Å². The van der Waals surface area contributed by atoms with Crippen molar-refractivity contribution in [2.45, 2.75) is 39.0 Å². The summed E-state index contributed by atoms with van der Waals surface area (Å²) in [5.41, 5.74) is 6.12. The number of hydrogen-bond acceptors (Lipinski definition) is 5. The van der Waals surface area contributed by atoms with Gasteiger partial charge in [-0.2, -0.15) is 9.64 Å². The number of rotatable bonds is 4. The Morgan fingerprint density at radius 2 is 2.17 bits per heavy atom. The molecule has 0 bridgehead atoms. The van der Waals surface area contributed by atoms with Gasteiger partial charge >= 0.3 is 0 Å². The Morgan fingerprint density at radius 3 is 2.83 bits per heavy atom. The van der Waals surface area contributed by atoms with E-state index in [0.29, 0.717) is 11.4 Å². The summed E-state index contributed by atoms with van der Waals surface area (Å²) in [6.45, 7) is 3.25. The molecule has 1 saturated carbocycles. The van der Waals surface area contributed by atoms with Gasteiger partial charge in [0.1, 0.15) is 16.6 Å². The number of hydrogen-bond donors (Lipinski definition) is 2. The van der Waals surface area contributed by atoms with Gasteiger partial charge in [0.05, 0.1) is 0 Å². The fraction of sp³-hybridized carbons (Fsp3) is 0.692. The van der Waals surface area contributed by atoms with Crippen LogP contribution < -0.4 is 11.1 Å². The van der Waals surface area contributed by atoms with Crippen LogP contribution in [0.2, 0.25) is 0 Å². The van der Waals surface area contributed by atoms with Gasteiger partial charge in [-0.1, -0.05) is 32.6 Å². The molecule has 1 aromatic heterocycles. The molecule has 1 aliphatic carbocycles. The normalized spacial score (nSPS) is 23.6. The van der Waals surface area contributed by atoms with Crippen LogP contribution >= 0.6 is 11.5 Å². The van der Waals surface area contributed by atoms with Gasteiger partial charge in [0.2, 0.25) is 0 Å². The van der Waals surface area contributed by atoms with Gasteiger partial charge in [0, 0.05) is 6.54 Å². The molecule has 5 heteroatoms. The number of nitrogens with two attached hydrogens (primary N) is 1. The Labute approximate surface area is 112 Å². The molecule has 1 heterocycles. The van der Waals surface area contributed by atoms with Crippen LogP contribution in [-0.2, 0) is 0 Å². The third kappa shape index (κ3) is 3.14. The van der Waals surface area contributed by atoms with E-state index in [-0.39, 0.29) is 0 Å². The number of anilines is 2. The summed E-state index contributed by atoms with van der Waals surface area (Å²) in [5.74, 6) is 2.08. The molecular formula is C13H20N4S. The minimum absolute atomic E-state index is 0.344. The zero-order valence-corrected chi connectivity index (χ0v) is 11.6. The van der Waals surface area contributed by atoms with Crippen molar-refractivity contribution in [1.29, 1.82) is 5.26 Å². The molecule has 98 valence electrons. The first kappa shape index (κ1) is 13.2. The summed E-state index contributed by atoms with van der Waals surface area (Å²) in [6.07, 6.45) is 6.59. The fourth-order valence-electron chi connectivity index (χ4n) is 2.54. The molecule has 18 heavy (non-hydrogen) atoms. The molecule has 1 aliphatic rings. The molecule has 0 atom stereocenters. The van der Waals surface area contributed by atoms with Crippen molar-refractivity contribution in [1.82, 2.24) is 4.37 Å². The van der Waals surface area contributed by atoms with Gasteiger partial charge in [-0.25, -0.2) is 0 Å². The van der Waals surface area contributed by atoms with Gasteiger partial charge < -0.3 is 11.1 Å². The van der Waals surface area contributed by atoms with E-state index in [2.05, 4.69) is 22.7 Å². The number of nitrogen functional groups attached to an aromatic ring is 1. The third-order valence-electron chi connectivity index (χ3n) is 3.80. The predicted octanol–water partition coefficient (Wildman–Crippen LogP) is 3.23. The largest absolute Gasteiger partial charge is 0.382 e. The van der Waals surface area contributed by atoms with E-state index < -0.39 is 0 Å². The van der Waals surface area contributed by atoms with E-state index in [4.69, 9.17) is 11.0 Å². The lowest BCUT2D eigenvalue weighted by atomic mass is 9.81. The molecule has 0 radical (unpaired) electrons.